The molecule has 112 valence electrons. The second-order valence-electron chi connectivity index (χ2n) is 5.20. The van der Waals surface area contributed by atoms with Crippen molar-refractivity contribution in [3.63, 3.8) is 0 Å². The molecule has 2 aromatic rings. The first-order valence-electron chi connectivity index (χ1n) is 7.03. The quantitative estimate of drug-likeness (QED) is 0.821. The number of anilines is 1. The summed E-state index contributed by atoms with van der Waals surface area (Å²) >= 11 is 0. The summed E-state index contributed by atoms with van der Waals surface area (Å²) in [5.74, 6) is 1.17. The Hall–Kier alpha value is -2.20. The predicted molar refractivity (Wildman–Crippen MR) is 85.9 cm³/mol. The Labute approximate surface area is 126 Å². The molecule has 0 unspecified atom stereocenters. The van der Waals surface area contributed by atoms with E-state index in [0.717, 1.165) is 23.5 Å². The number of benzene rings is 2. The molecule has 4 nitrogen and oxygen atoms in total. The van der Waals surface area contributed by atoms with Gasteiger partial charge in [0.25, 0.3) is 0 Å². The molecule has 0 amide bonds. The molecule has 0 saturated carbocycles. The summed E-state index contributed by atoms with van der Waals surface area (Å²) in [6.07, 6.45) is 0. The van der Waals surface area contributed by atoms with Crippen molar-refractivity contribution in [1.82, 2.24) is 4.90 Å². The summed E-state index contributed by atoms with van der Waals surface area (Å²) in [6, 6.07) is 15.1. The maximum atomic E-state index is 9.42. The average molecular weight is 286 g/mol. The lowest BCUT2D eigenvalue weighted by Gasteiger charge is -2.12. The number of nitrogens with zero attached hydrogens (tertiary/aromatic N) is 1. The van der Waals surface area contributed by atoms with Crippen LogP contribution in [0.15, 0.2) is 48.5 Å². The summed E-state index contributed by atoms with van der Waals surface area (Å²) in [7, 11) is 4.05. The van der Waals surface area contributed by atoms with Crippen LogP contribution < -0.4 is 10.1 Å². The number of rotatable bonds is 7. The van der Waals surface area contributed by atoms with Crippen LogP contribution in [0.5, 0.6) is 11.5 Å². The number of phenolic OH excluding ortho intramolecular Hbond substituents is 1. The van der Waals surface area contributed by atoms with Crippen molar-refractivity contribution in [3.05, 3.63) is 54.1 Å². The van der Waals surface area contributed by atoms with Crippen molar-refractivity contribution in [2.75, 3.05) is 32.6 Å². The van der Waals surface area contributed by atoms with Gasteiger partial charge in [0.05, 0.1) is 0 Å². The number of aromatic hydroxyl groups is 1. The normalized spacial score (nSPS) is 10.6. The molecule has 21 heavy (non-hydrogen) atoms. The number of hydrogen-bond acceptors (Lipinski definition) is 4. The van der Waals surface area contributed by atoms with Gasteiger partial charge in [-0.1, -0.05) is 12.1 Å². The molecule has 0 aliphatic carbocycles. The van der Waals surface area contributed by atoms with Crippen LogP contribution in [0.25, 0.3) is 0 Å². The SMILES string of the molecule is CN(C)CCOc1ccc(NCc2cccc(O)c2)cc1. The molecule has 2 aromatic carbocycles. The Balaban J connectivity index is 1.82. The highest BCUT2D eigenvalue weighted by Gasteiger charge is 1.98. The fraction of sp³-hybridized carbons (Fsp3) is 0.294. The minimum atomic E-state index is 0.291. The first-order valence-corrected chi connectivity index (χ1v) is 7.03. The van der Waals surface area contributed by atoms with Gasteiger partial charge in [-0.05, 0) is 56.1 Å². The average Bonchev–Trinajstić information content (AvgIpc) is 2.46. The Bertz CT molecular complexity index is 553. The lowest BCUT2D eigenvalue weighted by molar-refractivity contribution is 0.261. The van der Waals surface area contributed by atoms with E-state index in [0.29, 0.717) is 18.9 Å². The van der Waals surface area contributed by atoms with Gasteiger partial charge in [0.1, 0.15) is 18.1 Å². The van der Waals surface area contributed by atoms with Gasteiger partial charge in [-0.2, -0.15) is 0 Å². The third kappa shape index (κ3) is 5.36. The van der Waals surface area contributed by atoms with Gasteiger partial charge in [-0.25, -0.2) is 0 Å². The van der Waals surface area contributed by atoms with Crippen LogP contribution in [-0.2, 0) is 6.54 Å². The number of ether oxygens (including phenoxy) is 1. The largest absolute Gasteiger partial charge is 0.508 e. The molecule has 2 rings (SSSR count). The zero-order valence-corrected chi connectivity index (χ0v) is 12.5. The van der Waals surface area contributed by atoms with Gasteiger partial charge in [0.2, 0.25) is 0 Å². The molecule has 4 heteroatoms. The highest BCUT2D eigenvalue weighted by molar-refractivity contribution is 5.47. The van der Waals surface area contributed by atoms with Gasteiger partial charge in [-0.3, -0.25) is 0 Å². The molecule has 0 bridgehead atoms. The van der Waals surface area contributed by atoms with E-state index in [-0.39, 0.29) is 0 Å². The van der Waals surface area contributed by atoms with E-state index < -0.39 is 0 Å². The first kappa shape index (κ1) is 15.2. The summed E-state index contributed by atoms with van der Waals surface area (Å²) in [4.78, 5) is 2.09. The third-order valence-electron chi connectivity index (χ3n) is 3.07. The van der Waals surface area contributed by atoms with Crippen LogP contribution in [0.1, 0.15) is 5.56 Å². The summed E-state index contributed by atoms with van der Waals surface area (Å²) in [5.41, 5.74) is 2.07. The smallest absolute Gasteiger partial charge is 0.119 e. The Morgan fingerprint density at radius 2 is 1.86 bits per heavy atom. The number of hydrogen-bond donors (Lipinski definition) is 2. The van der Waals surface area contributed by atoms with Gasteiger partial charge >= 0.3 is 0 Å². The molecular weight excluding hydrogens is 264 g/mol. The Morgan fingerprint density at radius 1 is 1.10 bits per heavy atom. The molecule has 0 radical (unpaired) electrons. The maximum absolute atomic E-state index is 9.42. The Morgan fingerprint density at radius 3 is 2.52 bits per heavy atom. The summed E-state index contributed by atoms with van der Waals surface area (Å²) in [5, 5.41) is 12.7. The number of likely N-dealkylation sites (N-methyl/N-ethyl adjacent to an activating group) is 1. The number of phenols is 1. The van der Waals surface area contributed by atoms with E-state index in [1.807, 2.05) is 50.5 Å². The second-order valence-corrected chi connectivity index (χ2v) is 5.20. The van der Waals surface area contributed by atoms with Crippen LogP contribution >= 0.6 is 0 Å². The topological polar surface area (TPSA) is 44.7 Å². The summed E-state index contributed by atoms with van der Waals surface area (Å²) in [6.45, 7) is 2.26. The zero-order chi connectivity index (χ0) is 15.1. The van der Waals surface area contributed by atoms with E-state index >= 15 is 0 Å². The van der Waals surface area contributed by atoms with E-state index in [9.17, 15) is 5.11 Å². The first-order chi connectivity index (χ1) is 10.1. The van der Waals surface area contributed by atoms with Crippen LogP contribution in [0, 0.1) is 0 Å². The van der Waals surface area contributed by atoms with E-state index in [4.69, 9.17) is 4.74 Å². The highest BCUT2D eigenvalue weighted by Crippen LogP contribution is 2.17. The van der Waals surface area contributed by atoms with E-state index in [1.54, 1.807) is 12.1 Å². The lowest BCUT2D eigenvalue weighted by Crippen LogP contribution is -2.19. The van der Waals surface area contributed by atoms with Gasteiger partial charge in [0.15, 0.2) is 0 Å². The highest BCUT2D eigenvalue weighted by atomic mass is 16.5. The lowest BCUT2D eigenvalue weighted by atomic mass is 10.2. The van der Waals surface area contributed by atoms with Crippen LogP contribution in [0.3, 0.4) is 0 Å². The zero-order valence-electron chi connectivity index (χ0n) is 12.5. The van der Waals surface area contributed by atoms with Crippen molar-refractivity contribution in [2.45, 2.75) is 6.54 Å². The predicted octanol–water partition coefficient (Wildman–Crippen LogP) is 2.94. The molecule has 0 aliphatic heterocycles. The number of nitrogens with one attached hydrogen (secondary N) is 1. The van der Waals surface area contributed by atoms with Crippen molar-refractivity contribution in [1.29, 1.82) is 0 Å². The van der Waals surface area contributed by atoms with Crippen molar-refractivity contribution < 1.29 is 9.84 Å². The minimum absolute atomic E-state index is 0.291. The van der Waals surface area contributed by atoms with Crippen molar-refractivity contribution in [3.8, 4) is 11.5 Å². The molecule has 0 spiro atoms. The van der Waals surface area contributed by atoms with Crippen LogP contribution in [0.2, 0.25) is 0 Å². The van der Waals surface area contributed by atoms with Crippen LogP contribution in [-0.4, -0.2) is 37.3 Å². The molecule has 0 heterocycles. The molecule has 0 saturated heterocycles. The van der Waals surface area contributed by atoms with Crippen molar-refractivity contribution in [2.24, 2.45) is 0 Å². The molecule has 0 fully saturated rings. The monoisotopic (exact) mass is 286 g/mol. The van der Waals surface area contributed by atoms with E-state index in [1.165, 1.54) is 0 Å². The standard InChI is InChI=1S/C17H22N2O2/c1-19(2)10-11-21-17-8-6-15(7-9-17)18-13-14-4-3-5-16(20)12-14/h3-9,12,18,20H,10-11,13H2,1-2H3. The molecule has 0 aromatic heterocycles. The molecule has 0 aliphatic rings. The minimum Gasteiger partial charge on any atom is -0.508 e. The molecule has 2 N–H and O–H groups in total. The van der Waals surface area contributed by atoms with Gasteiger partial charge in [-0.15, -0.1) is 0 Å². The second kappa shape index (κ2) is 7.55. The fourth-order valence-corrected chi connectivity index (χ4v) is 1.89. The van der Waals surface area contributed by atoms with Gasteiger partial charge in [0, 0.05) is 18.8 Å². The molecular formula is C17H22N2O2. The maximum Gasteiger partial charge on any atom is 0.119 e. The van der Waals surface area contributed by atoms with E-state index in [2.05, 4.69) is 10.2 Å². The van der Waals surface area contributed by atoms with Crippen molar-refractivity contribution >= 4 is 5.69 Å². The Kier molecular flexibility index (Phi) is 5.46. The fourth-order valence-electron chi connectivity index (χ4n) is 1.89. The van der Waals surface area contributed by atoms with Crippen LogP contribution in [0.4, 0.5) is 5.69 Å². The molecule has 0 atom stereocenters. The summed E-state index contributed by atoms with van der Waals surface area (Å²) < 4.78 is 5.65. The third-order valence-corrected chi connectivity index (χ3v) is 3.07. The van der Waals surface area contributed by atoms with Gasteiger partial charge < -0.3 is 20.1 Å².